The number of carboxylic acids is 1. The van der Waals surface area contributed by atoms with Gasteiger partial charge in [0.25, 0.3) is 0 Å². The zero-order chi connectivity index (χ0) is 22.0. The molecule has 1 aliphatic rings. The first-order chi connectivity index (χ1) is 14.9. The highest BCUT2D eigenvalue weighted by Crippen LogP contribution is 2.40. The summed E-state index contributed by atoms with van der Waals surface area (Å²) >= 11 is 19.2. The second kappa shape index (κ2) is 9.10. The lowest BCUT2D eigenvalue weighted by Crippen LogP contribution is -1.99. The molecule has 4 rings (SSSR count). The number of nitrogens with one attached hydrogen (secondary N) is 1. The van der Waals surface area contributed by atoms with Gasteiger partial charge in [-0.05, 0) is 53.1 Å². The Bertz CT molecular complexity index is 1180. The summed E-state index contributed by atoms with van der Waals surface area (Å²) < 4.78 is 10.8. The summed E-state index contributed by atoms with van der Waals surface area (Å²) in [6, 6.07) is 14.4. The Morgan fingerprint density at radius 2 is 1.71 bits per heavy atom. The maximum atomic E-state index is 10.7. The Labute approximate surface area is 193 Å². The molecular weight excluding hydrogens is 461 g/mol. The Balaban J connectivity index is 1.63. The van der Waals surface area contributed by atoms with E-state index >= 15 is 0 Å². The van der Waals surface area contributed by atoms with Gasteiger partial charge in [0.2, 0.25) is 6.79 Å². The van der Waals surface area contributed by atoms with Crippen molar-refractivity contribution in [3.8, 4) is 11.5 Å². The van der Waals surface area contributed by atoms with E-state index in [2.05, 4.69) is 5.32 Å². The van der Waals surface area contributed by atoms with Crippen LogP contribution in [0.3, 0.4) is 0 Å². The molecule has 0 aromatic heterocycles. The zero-order valence-corrected chi connectivity index (χ0v) is 18.3. The number of hydrogen-bond donors (Lipinski definition) is 2. The van der Waals surface area contributed by atoms with Gasteiger partial charge in [-0.2, -0.15) is 0 Å². The number of aliphatic carboxylic acids is 1. The molecule has 0 aliphatic carbocycles. The molecule has 1 aliphatic heterocycles. The van der Waals surface area contributed by atoms with E-state index in [1.807, 2.05) is 30.3 Å². The van der Waals surface area contributed by atoms with Crippen LogP contribution < -0.4 is 14.8 Å². The van der Waals surface area contributed by atoms with Gasteiger partial charge in [-0.15, -0.1) is 0 Å². The van der Waals surface area contributed by atoms with Crippen molar-refractivity contribution in [1.82, 2.24) is 0 Å². The van der Waals surface area contributed by atoms with Gasteiger partial charge in [0, 0.05) is 45.0 Å². The molecule has 0 unspecified atom stereocenters. The quantitative estimate of drug-likeness (QED) is 0.383. The van der Waals surface area contributed by atoms with Gasteiger partial charge in [0.1, 0.15) is 0 Å². The first-order valence-corrected chi connectivity index (χ1v) is 10.4. The molecule has 0 saturated heterocycles. The van der Waals surface area contributed by atoms with Gasteiger partial charge in [0.15, 0.2) is 11.5 Å². The highest BCUT2D eigenvalue weighted by atomic mass is 35.5. The molecule has 0 bridgehead atoms. The van der Waals surface area contributed by atoms with E-state index in [0.29, 0.717) is 33.0 Å². The average Bonchev–Trinajstić information content (AvgIpc) is 3.17. The van der Waals surface area contributed by atoms with Crippen molar-refractivity contribution in [3.05, 3.63) is 86.4 Å². The van der Waals surface area contributed by atoms with Crippen molar-refractivity contribution >= 4 is 58.2 Å². The van der Waals surface area contributed by atoms with E-state index in [1.54, 1.807) is 18.2 Å². The maximum absolute atomic E-state index is 10.7. The summed E-state index contributed by atoms with van der Waals surface area (Å²) in [5.74, 6) is 0.262. The summed E-state index contributed by atoms with van der Waals surface area (Å²) in [5.41, 5.74) is 3.96. The number of hydrogen-bond acceptors (Lipinski definition) is 4. The molecule has 0 radical (unpaired) electrons. The third kappa shape index (κ3) is 5.07. The van der Waals surface area contributed by atoms with Crippen LogP contribution in [0.25, 0.3) is 6.08 Å². The van der Waals surface area contributed by atoms with E-state index in [9.17, 15) is 4.79 Å². The van der Waals surface area contributed by atoms with Gasteiger partial charge in [-0.25, -0.2) is 4.79 Å². The lowest BCUT2D eigenvalue weighted by Gasteiger charge is -2.16. The third-order valence-electron chi connectivity index (χ3n) is 4.68. The molecule has 3 aromatic carbocycles. The summed E-state index contributed by atoms with van der Waals surface area (Å²) in [4.78, 5) is 10.7. The summed E-state index contributed by atoms with van der Waals surface area (Å²) in [5, 5.41) is 13.6. The number of rotatable bonds is 6. The molecule has 1 heterocycles. The molecule has 158 valence electrons. The standard InChI is InChI=1S/C23H16Cl3NO4/c24-15-9-19(26)17(7-14-8-21-22(11-18(14)25)31-12-30-21)20(10-15)27-16-4-1-13(2-5-16)3-6-23(28)29/h1-6,8-11,27H,7,12H2,(H,28,29)/b6-3+. The topological polar surface area (TPSA) is 67.8 Å². The van der Waals surface area contributed by atoms with Gasteiger partial charge < -0.3 is 19.9 Å². The van der Waals surface area contributed by atoms with Crippen molar-refractivity contribution in [2.45, 2.75) is 6.42 Å². The number of carboxylic acid groups (broad SMARTS) is 1. The molecule has 0 atom stereocenters. The van der Waals surface area contributed by atoms with Gasteiger partial charge in [0.05, 0.1) is 0 Å². The Morgan fingerprint density at radius 1 is 1.00 bits per heavy atom. The molecule has 0 amide bonds. The van der Waals surface area contributed by atoms with Crippen molar-refractivity contribution in [3.63, 3.8) is 0 Å². The highest BCUT2D eigenvalue weighted by Gasteiger charge is 2.19. The van der Waals surface area contributed by atoms with Crippen molar-refractivity contribution in [1.29, 1.82) is 0 Å². The minimum absolute atomic E-state index is 0.168. The van der Waals surface area contributed by atoms with Crippen LogP contribution in [-0.4, -0.2) is 17.9 Å². The van der Waals surface area contributed by atoms with E-state index in [-0.39, 0.29) is 6.79 Å². The second-order valence-corrected chi connectivity index (χ2v) is 8.06. The van der Waals surface area contributed by atoms with Gasteiger partial charge >= 0.3 is 5.97 Å². The molecule has 0 saturated carbocycles. The molecule has 31 heavy (non-hydrogen) atoms. The third-order valence-corrected chi connectivity index (χ3v) is 5.58. The Hall–Kier alpha value is -2.86. The molecule has 2 N–H and O–H groups in total. The second-order valence-electron chi connectivity index (χ2n) is 6.81. The van der Waals surface area contributed by atoms with Gasteiger partial charge in [-0.3, -0.25) is 0 Å². The lowest BCUT2D eigenvalue weighted by molar-refractivity contribution is -0.131. The number of anilines is 2. The van der Waals surface area contributed by atoms with Crippen molar-refractivity contribution < 1.29 is 19.4 Å². The van der Waals surface area contributed by atoms with Gasteiger partial charge in [-0.1, -0.05) is 46.9 Å². The van der Waals surface area contributed by atoms with Crippen molar-refractivity contribution in [2.75, 3.05) is 12.1 Å². The Kier molecular flexibility index (Phi) is 6.28. The van der Waals surface area contributed by atoms with Crippen molar-refractivity contribution in [2.24, 2.45) is 0 Å². The SMILES string of the molecule is O=C(O)/C=C/c1ccc(Nc2cc(Cl)cc(Cl)c2Cc2cc3c(cc2Cl)OCO3)cc1. The van der Waals surface area contributed by atoms with Crippen LogP contribution in [-0.2, 0) is 11.2 Å². The molecule has 0 fully saturated rings. The highest BCUT2D eigenvalue weighted by molar-refractivity contribution is 6.36. The first-order valence-electron chi connectivity index (χ1n) is 9.23. The van der Waals surface area contributed by atoms with E-state index in [1.165, 1.54) is 6.08 Å². The lowest BCUT2D eigenvalue weighted by atomic mass is 10.0. The average molecular weight is 477 g/mol. The fourth-order valence-electron chi connectivity index (χ4n) is 3.18. The fourth-order valence-corrected chi connectivity index (χ4v) is 3.96. The van der Waals surface area contributed by atoms with E-state index < -0.39 is 5.97 Å². The normalized spacial score (nSPS) is 12.4. The maximum Gasteiger partial charge on any atom is 0.328 e. The largest absolute Gasteiger partial charge is 0.478 e. The minimum Gasteiger partial charge on any atom is -0.478 e. The smallest absolute Gasteiger partial charge is 0.328 e. The minimum atomic E-state index is -0.998. The number of benzene rings is 3. The summed E-state index contributed by atoms with van der Waals surface area (Å²) in [6.07, 6.45) is 3.06. The van der Waals surface area contributed by atoms with Crippen LogP contribution in [0.1, 0.15) is 16.7 Å². The molecule has 3 aromatic rings. The number of halogens is 3. The molecule has 0 spiro atoms. The molecular formula is C23H16Cl3NO4. The Morgan fingerprint density at radius 3 is 2.42 bits per heavy atom. The fraction of sp³-hybridized carbons (Fsp3) is 0.0870. The summed E-state index contributed by atoms with van der Waals surface area (Å²) in [7, 11) is 0. The number of carbonyl (C=O) groups is 1. The van der Waals surface area contributed by atoms with E-state index in [4.69, 9.17) is 49.4 Å². The predicted octanol–water partition coefficient (Wildman–Crippen LogP) is 6.81. The van der Waals surface area contributed by atoms with Crippen LogP contribution in [0, 0.1) is 0 Å². The van der Waals surface area contributed by atoms with Crippen LogP contribution in [0.2, 0.25) is 15.1 Å². The molecule has 8 heteroatoms. The van der Waals surface area contributed by atoms with Crippen LogP contribution in [0.15, 0.2) is 54.6 Å². The molecule has 5 nitrogen and oxygen atoms in total. The van der Waals surface area contributed by atoms with Crippen LogP contribution in [0.5, 0.6) is 11.5 Å². The summed E-state index contributed by atoms with van der Waals surface area (Å²) in [6.45, 7) is 0.168. The van der Waals surface area contributed by atoms with Crippen LogP contribution in [0.4, 0.5) is 11.4 Å². The van der Waals surface area contributed by atoms with E-state index in [0.717, 1.165) is 34.1 Å². The number of fused-ring (bicyclic) bond motifs is 1. The van der Waals surface area contributed by atoms with Crippen LogP contribution >= 0.6 is 34.8 Å². The zero-order valence-electron chi connectivity index (χ0n) is 16.0. The predicted molar refractivity (Wildman–Crippen MR) is 123 cm³/mol. The number of ether oxygens (including phenoxy) is 2. The monoisotopic (exact) mass is 475 g/mol. The first kappa shape index (κ1) is 21.4.